The van der Waals surface area contributed by atoms with Crippen molar-refractivity contribution in [3.8, 4) is 5.75 Å². The zero-order valence-electron chi connectivity index (χ0n) is 11.7. The molecule has 112 valence electrons. The van der Waals surface area contributed by atoms with Gasteiger partial charge in [-0.2, -0.15) is 5.10 Å². The van der Waals surface area contributed by atoms with Crippen molar-refractivity contribution in [1.29, 1.82) is 0 Å². The summed E-state index contributed by atoms with van der Waals surface area (Å²) in [5, 5.41) is 4.07. The minimum atomic E-state index is -0.522. The second-order valence-electron chi connectivity index (χ2n) is 5.18. The van der Waals surface area contributed by atoms with Crippen LogP contribution < -0.4 is 10.3 Å². The van der Waals surface area contributed by atoms with E-state index in [0.717, 1.165) is 9.26 Å². The molecular weight excluding hydrogens is 405 g/mol. The summed E-state index contributed by atoms with van der Waals surface area (Å²) in [4.78, 5) is 15.6. The van der Waals surface area contributed by atoms with E-state index in [-0.39, 0.29) is 5.56 Å². The Bertz CT molecular complexity index is 665. The maximum absolute atomic E-state index is 11.9. The second-order valence-corrected chi connectivity index (χ2v) is 7.31. The minimum absolute atomic E-state index is 0.234. The van der Waals surface area contributed by atoms with E-state index in [0.29, 0.717) is 18.9 Å². The standard InChI is InChI=1S/C14H15ClIN3O2/c1-14(2,15)9-19-13(20)5-11(7-18-19)21-8-10-3-4-12(16)17-6-10/h3-7H,8-9H2,1-2H3. The van der Waals surface area contributed by atoms with E-state index in [1.165, 1.54) is 16.9 Å². The summed E-state index contributed by atoms with van der Waals surface area (Å²) in [6.07, 6.45) is 3.26. The van der Waals surface area contributed by atoms with Crippen LogP contribution in [0.25, 0.3) is 0 Å². The molecule has 0 saturated heterocycles. The van der Waals surface area contributed by atoms with Gasteiger partial charge in [0.2, 0.25) is 0 Å². The topological polar surface area (TPSA) is 57.0 Å². The van der Waals surface area contributed by atoms with Crippen molar-refractivity contribution in [1.82, 2.24) is 14.8 Å². The molecule has 7 heteroatoms. The lowest BCUT2D eigenvalue weighted by Gasteiger charge is -2.16. The Morgan fingerprint density at radius 3 is 2.71 bits per heavy atom. The van der Waals surface area contributed by atoms with Crippen molar-refractivity contribution in [2.45, 2.75) is 31.9 Å². The summed E-state index contributed by atoms with van der Waals surface area (Å²) in [6, 6.07) is 5.24. The number of hydrogen-bond donors (Lipinski definition) is 0. The van der Waals surface area contributed by atoms with Crippen molar-refractivity contribution in [3.63, 3.8) is 0 Å². The fourth-order valence-electron chi connectivity index (χ4n) is 1.63. The Balaban J connectivity index is 2.03. The van der Waals surface area contributed by atoms with E-state index >= 15 is 0 Å². The molecule has 0 aliphatic heterocycles. The summed E-state index contributed by atoms with van der Waals surface area (Å²) in [7, 11) is 0. The number of ether oxygens (including phenoxy) is 1. The molecular formula is C14H15ClIN3O2. The zero-order chi connectivity index (χ0) is 15.5. The summed E-state index contributed by atoms with van der Waals surface area (Å²) in [5.74, 6) is 0.433. The highest BCUT2D eigenvalue weighted by atomic mass is 127. The predicted molar refractivity (Wildman–Crippen MR) is 89.7 cm³/mol. The van der Waals surface area contributed by atoms with Gasteiger partial charge in [0.25, 0.3) is 5.56 Å². The van der Waals surface area contributed by atoms with Gasteiger partial charge in [-0.25, -0.2) is 9.67 Å². The first-order valence-electron chi connectivity index (χ1n) is 6.33. The Kier molecular flexibility index (Phi) is 5.21. The molecule has 2 aromatic heterocycles. The highest BCUT2D eigenvalue weighted by Gasteiger charge is 2.15. The molecule has 0 spiro atoms. The summed E-state index contributed by atoms with van der Waals surface area (Å²) >= 11 is 8.23. The van der Waals surface area contributed by atoms with Gasteiger partial charge >= 0.3 is 0 Å². The maximum Gasteiger partial charge on any atom is 0.270 e. The molecule has 0 fully saturated rings. The number of alkyl halides is 1. The minimum Gasteiger partial charge on any atom is -0.487 e. The van der Waals surface area contributed by atoms with Crippen molar-refractivity contribution < 1.29 is 4.74 Å². The highest BCUT2D eigenvalue weighted by Crippen LogP contribution is 2.14. The normalized spacial score (nSPS) is 11.4. The molecule has 2 rings (SSSR count). The van der Waals surface area contributed by atoms with Gasteiger partial charge in [0, 0.05) is 17.8 Å². The van der Waals surface area contributed by atoms with E-state index < -0.39 is 4.87 Å². The van der Waals surface area contributed by atoms with Gasteiger partial charge in [0.05, 0.1) is 17.6 Å². The average Bonchev–Trinajstić information content (AvgIpc) is 2.40. The van der Waals surface area contributed by atoms with Gasteiger partial charge in [-0.15, -0.1) is 11.6 Å². The maximum atomic E-state index is 11.9. The van der Waals surface area contributed by atoms with Gasteiger partial charge < -0.3 is 4.74 Å². The fourth-order valence-corrected chi connectivity index (χ4v) is 2.06. The lowest BCUT2D eigenvalue weighted by Crippen LogP contribution is -2.30. The molecule has 2 heterocycles. The van der Waals surface area contributed by atoms with Gasteiger partial charge in [-0.05, 0) is 42.5 Å². The Morgan fingerprint density at radius 1 is 1.38 bits per heavy atom. The van der Waals surface area contributed by atoms with Crippen LogP contribution >= 0.6 is 34.2 Å². The number of nitrogens with zero attached hydrogens (tertiary/aromatic N) is 3. The molecule has 0 bridgehead atoms. The molecule has 2 aromatic rings. The first-order chi connectivity index (χ1) is 9.83. The SMILES string of the molecule is CC(C)(Cl)Cn1ncc(OCc2ccc(I)nc2)cc1=O. The summed E-state index contributed by atoms with van der Waals surface area (Å²) in [5.41, 5.74) is 0.698. The molecule has 21 heavy (non-hydrogen) atoms. The number of halogens is 2. The third-order valence-electron chi connectivity index (χ3n) is 2.56. The average molecular weight is 420 g/mol. The molecule has 0 N–H and O–H groups in total. The van der Waals surface area contributed by atoms with Gasteiger partial charge in [-0.3, -0.25) is 4.79 Å². The Morgan fingerprint density at radius 2 is 2.14 bits per heavy atom. The van der Waals surface area contributed by atoms with E-state index in [1.54, 1.807) is 6.20 Å². The van der Waals surface area contributed by atoms with Crippen LogP contribution in [0, 0.1) is 3.70 Å². The molecule has 0 radical (unpaired) electrons. The van der Waals surface area contributed by atoms with Crippen molar-refractivity contribution in [2.75, 3.05) is 0 Å². The van der Waals surface area contributed by atoms with Crippen LogP contribution in [-0.4, -0.2) is 19.6 Å². The molecule has 0 unspecified atom stereocenters. The van der Waals surface area contributed by atoms with E-state index in [4.69, 9.17) is 16.3 Å². The van der Waals surface area contributed by atoms with Crippen LogP contribution in [0.15, 0.2) is 35.4 Å². The zero-order valence-corrected chi connectivity index (χ0v) is 14.6. The van der Waals surface area contributed by atoms with Gasteiger partial charge in [0.1, 0.15) is 16.1 Å². The fraction of sp³-hybridized carbons (Fsp3) is 0.357. The van der Waals surface area contributed by atoms with Crippen molar-refractivity contribution >= 4 is 34.2 Å². The van der Waals surface area contributed by atoms with Gasteiger partial charge in [-0.1, -0.05) is 6.07 Å². The smallest absolute Gasteiger partial charge is 0.270 e. The van der Waals surface area contributed by atoms with E-state index in [9.17, 15) is 4.79 Å². The quantitative estimate of drug-likeness (QED) is 0.425. The first-order valence-corrected chi connectivity index (χ1v) is 7.78. The molecule has 0 amide bonds. The van der Waals surface area contributed by atoms with Crippen LogP contribution in [-0.2, 0) is 13.2 Å². The van der Waals surface area contributed by atoms with Crippen LogP contribution in [0.5, 0.6) is 5.75 Å². The third kappa shape index (κ3) is 5.28. The number of rotatable bonds is 5. The monoisotopic (exact) mass is 419 g/mol. The van der Waals surface area contributed by atoms with Crippen LogP contribution in [0.4, 0.5) is 0 Å². The number of pyridine rings is 1. The first kappa shape index (κ1) is 16.2. The van der Waals surface area contributed by atoms with E-state index in [1.807, 2.05) is 26.0 Å². The molecule has 0 atom stereocenters. The number of aromatic nitrogens is 3. The largest absolute Gasteiger partial charge is 0.487 e. The predicted octanol–water partition coefficient (Wildman–Crippen LogP) is 2.84. The third-order valence-corrected chi connectivity index (χ3v) is 3.32. The van der Waals surface area contributed by atoms with Crippen molar-refractivity contribution in [2.24, 2.45) is 0 Å². The summed E-state index contributed by atoms with van der Waals surface area (Å²) in [6.45, 7) is 4.35. The molecule has 0 aromatic carbocycles. The second kappa shape index (κ2) is 6.74. The van der Waals surface area contributed by atoms with Crippen molar-refractivity contribution in [3.05, 3.63) is 50.2 Å². The lowest BCUT2D eigenvalue weighted by molar-refractivity contribution is 0.301. The van der Waals surface area contributed by atoms with Crippen LogP contribution in [0.1, 0.15) is 19.4 Å². The Labute approximate surface area is 141 Å². The van der Waals surface area contributed by atoms with Crippen LogP contribution in [0.3, 0.4) is 0 Å². The molecule has 0 aliphatic rings. The summed E-state index contributed by atoms with van der Waals surface area (Å²) < 4.78 is 7.79. The van der Waals surface area contributed by atoms with Crippen LogP contribution in [0.2, 0.25) is 0 Å². The molecule has 0 saturated carbocycles. The lowest BCUT2D eigenvalue weighted by atomic mass is 10.2. The highest BCUT2D eigenvalue weighted by molar-refractivity contribution is 14.1. The Hall–Kier alpha value is -1.15. The number of hydrogen-bond acceptors (Lipinski definition) is 4. The molecule has 5 nitrogen and oxygen atoms in total. The van der Waals surface area contributed by atoms with E-state index in [2.05, 4.69) is 32.7 Å². The van der Waals surface area contributed by atoms with Gasteiger partial charge in [0.15, 0.2) is 0 Å². The molecule has 0 aliphatic carbocycles.